The summed E-state index contributed by atoms with van der Waals surface area (Å²) in [4.78, 5) is 3.15. The van der Waals surface area contributed by atoms with Crippen LogP contribution in [0, 0.1) is 0 Å². The molecule has 24 heavy (non-hydrogen) atoms. The van der Waals surface area contributed by atoms with Crippen LogP contribution in [0.2, 0.25) is 0 Å². The summed E-state index contributed by atoms with van der Waals surface area (Å²) in [6.45, 7) is 0. The fourth-order valence-electron chi connectivity index (χ4n) is 3.92. The predicted octanol–water partition coefficient (Wildman–Crippen LogP) is 5.97. The molecule has 0 N–H and O–H groups in total. The van der Waals surface area contributed by atoms with Gasteiger partial charge in [0, 0.05) is 16.7 Å². The molecule has 0 amide bonds. The molecule has 0 aliphatic heterocycles. The number of fused-ring (bicyclic) bond motifs is 1. The monoisotopic (exact) mass is 311 g/mol. The number of azide groups is 1. The Labute approximate surface area is 141 Å². The van der Waals surface area contributed by atoms with Gasteiger partial charge in [0.05, 0.1) is 6.04 Å². The van der Waals surface area contributed by atoms with Crippen molar-refractivity contribution in [2.75, 3.05) is 0 Å². The molecule has 1 aliphatic carbocycles. The minimum atomic E-state index is -0.182. The molecule has 116 valence electrons. The first kappa shape index (κ1) is 14.6. The van der Waals surface area contributed by atoms with Crippen molar-refractivity contribution in [3.63, 3.8) is 0 Å². The van der Waals surface area contributed by atoms with E-state index in [-0.39, 0.29) is 17.9 Å². The van der Waals surface area contributed by atoms with Crippen LogP contribution in [0.1, 0.15) is 40.1 Å². The first-order valence-corrected chi connectivity index (χ1v) is 8.13. The molecule has 0 fully saturated rings. The van der Waals surface area contributed by atoms with Crippen LogP contribution in [0.15, 0.2) is 90.0 Å². The minimum absolute atomic E-state index is 0.113. The van der Waals surface area contributed by atoms with Crippen molar-refractivity contribution in [2.45, 2.75) is 17.9 Å². The third-order valence-electron chi connectivity index (χ3n) is 4.87. The first-order valence-electron chi connectivity index (χ1n) is 8.13. The highest BCUT2D eigenvalue weighted by molar-refractivity contribution is 5.50. The van der Waals surface area contributed by atoms with E-state index in [0.717, 1.165) is 5.56 Å². The highest BCUT2D eigenvalue weighted by atomic mass is 15.2. The molecule has 3 atom stereocenters. The van der Waals surface area contributed by atoms with Gasteiger partial charge in [-0.1, -0.05) is 90.0 Å². The van der Waals surface area contributed by atoms with Crippen LogP contribution < -0.4 is 0 Å². The second kappa shape index (κ2) is 6.23. The summed E-state index contributed by atoms with van der Waals surface area (Å²) in [5, 5.41) is 4.18. The molecule has 3 nitrogen and oxygen atoms in total. The molecule has 0 heterocycles. The Bertz CT molecular complexity index is 883. The van der Waals surface area contributed by atoms with Gasteiger partial charge < -0.3 is 0 Å². The smallest absolute Gasteiger partial charge is 0.0705 e. The second-order valence-electron chi connectivity index (χ2n) is 6.10. The maximum absolute atomic E-state index is 9.13. The molecule has 3 aromatic rings. The fourth-order valence-corrected chi connectivity index (χ4v) is 3.92. The number of rotatable bonds is 3. The molecule has 1 aliphatic rings. The zero-order valence-electron chi connectivity index (χ0n) is 13.2. The lowest BCUT2D eigenvalue weighted by molar-refractivity contribution is 0.553. The number of hydrogen-bond donors (Lipinski definition) is 0. The van der Waals surface area contributed by atoms with Gasteiger partial charge in [-0.25, -0.2) is 0 Å². The molecule has 0 aromatic heterocycles. The van der Waals surface area contributed by atoms with E-state index in [4.69, 9.17) is 5.53 Å². The van der Waals surface area contributed by atoms with E-state index in [9.17, 15) is 0 Å². The average Bonchev–Trinajstić information content (AvgIpc) is 2.98. The van der Waals surface area contributed by atoms with Crippen LogP contribution in [0.25, 0.3) is 10.4 Å². The van der Waals surface area contributed by atoms with E-state index in [0.29, 0.717) is 0 Å². The Morgan fingerprint density at radius 1 is 0.667 bits per heavy atom. The fraction of sp³-hybridized carbons (Fsp3) is 0.143. The predicted molar refractivity (Wildman–Crippen MR) is 95.8 cm³/mol. The van der Waals surface area contributed by atoms with E-state index in [2.05, 4.69) is 64.6 Å². The van der Waals surface area contributed by atoms with Crippen molar-refractivity contribution < 1.29 is 0 Å². The van der Waals surface area contributed by atoms with Gasteiger partial charge >= 0.3 is 0 Å². The van der Waals surface area contributed by atoms with Gasteiger partial charge in [-0.2, -0.15) is 0 Å². The van der Waals surface area contributed by atoms with Gasteiger partial charge in [-0.15, -0.1) is 0 Å². The Kier molecular flexibility index (Phi) is 3.78. The van der Waals surface area contributed by atoms with E-state index >= 15 is 0 Å². The van der Waals surface area contributed by atoms with Gasteiger partial charge in [0.1, 0.15) is 0 Å². The summed E-state index contributed by atoms with van der Waals surface area (Å²) in [5.74, 6) is 0.308. The zero-order chi connectivity index (χ0) is 16.4. The van der Waals surface area contributed by atoms with Gasteiger partial charge in [-0.05, 0) is 27.8 Å². The van der Waals surface area contributed by atoms with E-state index in [1.54, 1.807) is 0 Å². The highest BCUT2D eigenvalue weighted by Gasteiger charge is 2.41. The van der Waals surface area contributed by atoms with Crippen LogP contribution in [0.3, 0.4) is 0 Å². The quantitative estimate of drug-likeness (QED) is 0.325. The highest BCUT2D eigenvalue weighted by Crippen LogP contribution is 2.55. The molecule has 0 spiro atoms. The standard InChI is InChI=1S/C21H17N3/c22-24-23-21-18-14-8-7-13-17(18)19(15-9-3-1-4-10-15)20(21)16-11-5-2-6-12-16/h1-14,19-21H. The summed E-state index contributed by atoms with van der Waals surface area (Å²) >= 11 is 0. The van der Waals surface area contributed by atoms with E-state index in [1.165, 1.54) is 16.7 Å². The molecule has 4 rings (SSSR count). The second-order valence-corrected chi connectivity index (χ2v) is 6.10. The summed E-state index contributed by atoms with van der Waals surface area (Å²) in [6, 6.07) is 29.0. The molecule has 0 saturated heterocycles. The Morgan fingerprint density at radius 3 is 1.83 bits per heavy atom. The SMILES string of the molecule is [N-]=[N+]=NC1c2ccccc2C(c2ccccc2)C1c1ccccc1. The van der Waals surface area contributed by atoms with Crippen LogP contribution in [-0.2, 0) is 0 Å². The van der Waals surface area contributed by atoms with Crippen LogP contribution in [-0.4, -0.2) is 0 Å². The van der Waals surface area contributed by atoms with Crippen LogP contribution >= 0.6 is 0 Å². The topological polar surface area (TPSA) is 48.8 Å². The normalized spacial score (nSPS) is 21.8. The van der Waals surface area contributed by atoms with E-state index < -0.39 is 0 Å². The maximum atomic E-state index is 9.13. The third-order valence-corrected chi connectivity index (χ3v) is 4.87. The number of nitrogens with zero attached hydrogens (tertiary/aromatic N) is 3. The van der Waals surface area contributed by atoms with Crippen LogP contribution in [0.4, 0.5) is 0 Å². The number of hydrogen-bond acceptors (Lipinski definition) is 1. The molecule has 3 heteroatoms. The largest absolute Gasteiger partial charge is 0.0852 e. The van der Waals surface area contributed by atoms with E-state index in [1.807, 2.05) is 30.3 Å². The summed E-state index contributed by atoms with van der Waals surface area (Å²) < 4.78 is 0. The summed E-state index contributed by atoms with van der Waals surface area (Å²) in [7, 11) is 0. The molecule has 0 saturated carbocycles. The van der Waals surface area contributed by atoms with Crippen molar-refractivity contribution >= 4 is 0 Å². The lowest BCUT2D eigenvalue weighted by Crippen LogP contribution is -2.10. The lowest BCUT2D eigenvalue weighted by Gasteiger charge is -2.24. The minimum Gasteiger partial charge on any atom is -0.0852 e. The number of benzene rings is 3. The van der Waals surface area contributed by atoms with Gasteiger partial charge in [0.2, 0.25) is 0 Å². The van der Waals surface area contributed by atoms with Gasteiger partial charge in [-0.3, -0.25) is 0 Å². The Morgan fingerprint density at radius 2 is 1.21 bits per heavy atom. The van der Waals surface area contributed by atoms with Crippen LogP contribution in [0.5, 0.6) is 0 Å². The van der Waals surface area contributed by atoms with Crippen molar-refractivity contribution in [2.24, 2.45) is 5.11 Å². The summed E-state index contributed by atoms with van der Waals surface area (Å²) in [5.41, 5.74) is 14.0. The molecular formula is C21H17N3. The lowest BCUT2D eigenvalue weighted by atomic mass is 9.80. The molecular weight excluding hydrogens is 294 g/mol. The van der Waals surface area contributed by atoms with Crippen molar-refractivity contribution in [1.82, 2.24) is 0 Å². The first-order chi connectivity index (χ1) is 11.9. The van der Waals surface area contributed by atoms with Gasteiger partial charge in [0.25, 0.3) is 0 Å². The average molecular weight is 311 g/mol. The van der Waals surface area contributed by atoms with Crippen molar-refractivity contribution in [1.29, 1.82) is 0 Å². The van der Waals surface area contributed by atoms with Crippen molar-refractivity contribution in [3.05, 3.63) is 118 Å². The van der Waals surface area contributed by atoms with Crippen molar-refractivity contribution in [3.8, 4) is 0 Å². The summed E-state index contributed by atoms with van der Waals surface area (Å²) in [6.07, 6.45) is 0. The van der Waals surface area contributed by atoms with Gasteiger partial charge in [0.15, 0.2) is 0 Å². The zero-order valence-corrected chi connectivity index (χ0v) is 13.2. The third kappa shape index (κ3) is 2.36. The molecule has 3 unspecified atom stereocenters. The molecule has 0 bridgehead atoms. The Balaban J connectivity index is 1.95. The molecule has 3 aromatic carbocycles. The Hall–Kier alpha value is -3.03. The molecule has 0 radical (unpaired) electrons. The maximum Gasteiger partial charge on any atom is 0.0705 e.